The average Bonchev–Trinajstić information content (AvgIpc) is 2.48. The van der Waals surface area contributed by atoms with Crippen molar-refractivity contribution >= 4 is 5.78 Å². The van der Waals surface area contributed by atoms with Crippen LogP contribution in [0.3, 0.4) is 0 Å². The first kappa shape index (κ1) is 14.0. The molecule has 1 aromatic rings. The summed E-state index contributed by atoms with van der Waals surface area (Å²) in [5, 5.41) is 0. The van der Waals surface area contributed by atoms with Gasteiger partial charge in [0.1, 0.15) is 5.75 Å². The van der Waals surface area contributed by atoms with Crippen LogP contribution in [0.2, 0.25) is 0 Å². The van der Waals surface area contributed by atoms with E-state index in [4.69, 9.17) is 10.5 Å². The van der Waals surface area contributed by atoms with Gasteiger partial charge < -0.3 is 15.4 Å². The van der Waals surface area contributed by atoms with Gasteiger partial charge in [-0.3, -0.25) is 4.79 Å². The molecule has 4 nitrogen and oxygen atoms in total. The molecular formula is C15H22N2O2. The van der Waals surface area contributed by atoms with Gasteiger partial charge in [-0.15, -0.1) is 0 Å². The monoisotopic (exact) mass is 262 g/mol. The van der Waals surface area contributed by atoms with Crippen molar-refractivity contribution in [3.63, 3.8) is 0 Å². The molecule has 1 aromatic carbocycles. The van der Waals surface area contributed by atoms with Crippen molar-refractivity contribution < 1.29 is 9.53 Å². The molecule has 0 unspecified atom stereocenters. The lowest BCUT2D eigenvalue weighted by Crippen LogP contribution is -2.39. The second kappa shape index (κ2) is 6.68. The Morgan fingerprint density at radius 3 is 2.47 bits per heavy atom. The number of methoxy groups -OCH3 is 1. The molecule has 0 saturated carbocycles. The molecule has 0 aliphatic carbocycles. The molecule has 0 amide bonds. The topological polar surface area (TPSA) is 55.6 Å². The maximum Gasteiger partial charge on any atom is 0.166 e. The van der Waals surface area contributed by atoms with Gasteiger partial charge in [0, 0.05) is 24.6 Å². The van der Waals surface area contributed by atoms with Gasteiger partial charge in [-0.2, -0.15) is 0 Å². The largest absolute Gasteiger partial charge is 0.497 e. The number of ether oxygens (including phenoxy) is 1. The predicted molar refractivity (Wildman–Crippen MR) is 75.5 cm³/mol. The Kier molecular flexibility index (Phi) is 4.93. The summed E-state index contributed by atoms with van der Waals surface area (Å²) in [5.74, 6) is 1.20. The van der Waals surface area contributed by atoms with Crippen molar-refractivity contribution in [2.24, 2.45) is 11.7 Å². The zero-order valence-corrected chi connectivity index (χ0v) is 11.5. The molecule has 1 saturated heterocycles. The van der Waals surface area contributed by atoms with E-state index >= 15 is 0 Å². The number of carbonyl (C=O) groups excluding carboxylic acids is 1. The van der Waals surface area contributed by atoms with E-state index in [9.17, 15) is 4.79 Å². The number of ketones is 1. The lowest BCUT2D eigenvalue weighted by atomic mass is 9.89. The van der Waals surface area contributed by atoms with E-state index < -0.39 is 0 Å². The van der Waals surface area contributed by atoms with E-state index in [-0.39, 0.29) is 11.7 Å². The van der Waals surface area contributed by atoms with E-state index in [0.29, 0.717) is 6.54 Å². The number of nitrogens with two attached hydrogens (primary N) is 1. The molecule has 0 bridgehead atoms. The molecular weight excluding hydrogens is 240 g/mol. The van der Waals surface area contributed by atoms with Crippen LogP contribution in [0.4, 0.5) is 0 Å². The molecule has 1 heterocycles. The summed E-state index contributed by atoms with van der Waals surface area (Å²) in [7, 11) is 1.63. The number of hydrogen-bond acceptors (Lipinski definition) is 4. The van der Waals surface area contributed by atoms with Crippen molar-refractivity contribution in [3.8, 4) is 5.75 Å². The fourth-order valence-electron chi connectivity index (χ4n) is 2.59. The van der Waals surface area contributed by atoms with Gasteiger partial charge in [-0.1, -0.05) is 0 Å². The minimum atomic E-state index is 0.155. The number of piperidine rings is 1. The Hall–Kier alpha value is -1.39. The zero-order chi connectivity index (χ0) is 13.7. The standard InChI is InChI=1S/C15H22N2O2/c1-19-14-4-2-12(3-5-14)15(18)13-6-9-17(10-7-13)11-8-16/h2-5,13H,6-11,16H2,1H3. The zero-order valence-electron chi connectivity index (χ0n) is 11.5. The highest BCUT2D eigenvalue weighted by molar-refractivity contribution is 5.98. The third kappa shape index (κ3) is 3.55. The molecule has 2 rings (SSSR count). The molecule has 0 spiro atoms. The molecule has 19 heavy (non-hydrogen) atoms. The van der Waals surface area contributed by atoms with Crippen molar-refractivity contribution in [2.45, 2.75) is 12.8 Å². The highest BCUT2D eigenvalue weighted by Gasteiger charge is 2.25. The van der Waals surface area contributed by atoms with Crippen molar-refractivity contribution in [2.75, 3.05) is 33.3 Å². The summed E-state index contributed by atoms with van der Waals surface area (Å²) in [4.78, 5) is 14.7. The first-order valence-electron chi connectivity index (χ1n) is 6.85. The molecule has 1 fully saturated rings. The summed E-state index contributed by atoms with van der Waals surface area (Å²) in [5.41, 5.74) is 6.34. The summed E-state index contributed by atoms with van der Waals surface area (Å²) in [6, 6.07) is 7.40. The van der Waals surface area contributed by atoms with Crippen LogP contribution in [0.15, 0.2) is 24.3 Å². The smallest absolute Gasteiger partial charge is 0.166 e. The maximum absolute atomic E-state index is 12.4. The summed E-state index contributed by atoms with van der Waals surface area (Å²) in [6.07, 6.45) is 1.87. The molecule has 2 N–H and O–H groups in total. The van der Waals surface area contributed by atoms with Crippen LogP contribution in [0, 0.1) is 5.92 Å². The van der Waals surface area contributed by atoms with Crippen LogP contribution < -0.4 is 10.5 Å². The van der Waals surface area contributed by atoms with Crippen molar-refractivity contribution in [1.29, 1.82) is 0 Å². The Labute approximate surface area is 114 Å². The van der Waals surface area contributed by atoms with Gasteiger partial charge >= 0.3 is 0 Å². The van der Waals surface area contributed by atoms with Crippen LogP contribution in [0.25, 0.3) is 0 Å². The minimum Gasteiger partial charge on any atom is -0.497 e. The number of likely N-dealkylation sites (tertiary alicyclic amines) is 1. The van der Waals surface area contributed by atoms with Crippen molar-refractivity contribution in [3.05, 3.63) is 29.8 Å². The third-order valence-corrected chi connectivity index (χ3v) is 3.78. The highest BCUT2D eigenvalue weighted by Crippen LogP contribution is 2.22. The quantitative estimate of drug-likeness (QED) is 0.818. The second-order valence-electron chi connectivity index (χ2n) is 5.00. The third-order valence-electron chi connectivity index (χ3n) is 3.78. The Morgan fingerprint density at radius 2 is 1.95 bits per heavy atom. The van der Waals surface area contributed by atoms with Crippen LogP contribution >= 0.6 is 0 Å². The van der Waals surface area contributed by atoms with E-state index in [1.54, 1.807) is 7.11 Å². The number of nitrogens with zero attached hydrogens (tertiary/aromatic N) is 1. The van der Waals surface area contributed by atoms with Crippen LogP contribution in [-0.2, 0) is 0 Å². The van der Waals surface area contributed by atoms with Gasteiger partial charge in [0.05, 0.1) is 7.11 Å². The van der Waals surface area contributed by atoms with Gasteiger partial charge in [-0.25, -0.2) is 0 Å². The van der Waals surface area contributed by atoms with Gasteiger partial charge in [0.2, 0.25) is 0 Å². The summed E-state index contributed by atoms with van der Waals surface area (Å²) in [6.45, 7) is 3.58. The van der Waals surface area contributed by atoms with E-state index in [1.807, 2.05) is 24.3 Å². The molecule has 104 valence electrons. The molecule has 0 atom stereocenters. The number of carbonyl (C=O) groups is 1. The normalized spacial score (nSPS) is 17.4. The summed E-state index contributed by atoms with van der Waals surface area (Å²) < 4.78 is 5.11. The average molecular weight is 262 g/mol. The second-order valence-corrected chi connectivity index (χ2v) is 5.00. The van der Waals surface area contributed by atoms with E-state index in [2.05, 4.69) is 4.90 Å². The number of rotatable bonds is 5. The first-order valence-corrected chi connectivity index (χ1v) is 6.85. The molecule has 4 heteroatoms. The lowest BCUT2D eigenvalue weighted by Gasteiger charge is -2.30. The minimum absolute atomic E-state index is 0.155. The predicted octanol–water partition coefficient (Wildman–Crippen LogP) is 1.55. The maximum atomic E-state index is 12.4. The highest BCUT2D eigenvalue weighted by atomic mass is 16.5. The number of hydrogen-bond donors (Lipinski definition) is 1. The molecule has 1 aliphatic heterocycles. The first-order chi connectivity index (χ1) is 9.24. The molecule has 0 radical (unpaired) electrons. The molecule has 0 aromatic heterocycles. The van der Waals surface area contributed by atoms with Gasteiger partial charge in [0.25, 0.3) is 0 Å². The van der Waals surface area contributed by atoms with Gasteiger partial charge in [-0.05, 0) is 50.2 Å². The van der Waals surface area contributed by atoms with Gasteiger partial charge in [0.15, 0.2) is 5.78 Å². The van der Waals surface area contributed by atoms with Crippen LogP contribution in [0.5, 0.6) is 5.75 Å². The Balaban J connectivity index is 1.93. The fraction of sp³-hybridized carbons (Fsp3) is 0.533. The molecule has 1 aliphatic rings. The Bertz CT molecular complexity index is 409. The number of benzene rings is 1. The summed E-state index contributed by atoms with van der Waals surface area (Å²) >= 11 is 0. The Morgan fingerprint density at radius 1 is 1.32 bits per heavy atom. The SMILES string of the molecule is COc1ccc(C(=O)C2CCN(CCN)CC2)cc1. The lowest BCUT2D eigenvalue weighted by molar-refractivity contribution is 0.0842. The number of Topliss-reactive ketones (excluding diaryl/α,β-unsaturated/α-hetero) is 1. The van der Waals surface area contributed by atoms with Crippen molar-refractivity contribution in [1.82, 2.24) is 4.90 Å². The fourth-order valence-corrected chi connectivity index (χ4v) is 2.59. The van der Waals surface area contributed by atoms with E-state index in [1.165, 1.54) is 0 Å². The van der Waals surface area contributed by atoms with E-state index in [0.717, 1.165) is 43.8 Å². The van der Waals surface area contributed by atoms with Crippen LogP contribution in [-0.4, -0.2) is 44.0 Å². The van der Waals surface area contributed by atoms with Crippen LogP contribution in [0.1, 0.15) is 23.2 Å².